The highest BCUT2D eigenvalue weighted by Gasteiger charge is 2.07. The van der Waals surface area contributed by atoms with Gasteiger partial charge in [-0.15, -0.1) is 0 Å². The standard InChI is InChI=1S/C20H18N6O/c1-14-2-5-16(6-3-14)25-20(27)15-4-7-18(22-12-15)23-13-17-8-10-21-19-9-11-24-26(17)19/h2-12H,13H2,1H3,(H,22,23)(H,25,27). The van der Waals surface area contributed by atoms with E-state index in [0.717, 1.165) is 22.6 Å². The van der Waals surface area contributed by atoms with E-state index in [1.807, 2.05) is 43.3 Å². The molecule has 0 unspecified atom stereocenters. The predicted octanol–water partition coefficient (Wildman–Crippen LogP) is 3.30. The van der Waals surface area contributed by atoms with E-state index in [4.69, 9.17) is 0 Å². The maximum atomic E-state index is 12.3. The van der Waals surface area contributed by atoms with Crippen LogP contribution in [0.4, 0.5) is 11.5 Å². The lowest BCUT2D eigenvalue weighted by atomic mass is 10.2. The summed E-state index contributed by atoms with van der Waals surface area (Å²) in [6.45, 7) is 2.55. The van der Waals surface area contributed by atoms with Crippen molar-refractivity contribution in [3.63, 3.8) is 0 Å². The number of aromatic nitrogens is 4. The molecule has 1 aromatic carbocycles. The summed E-state index contributed by atoms with van der Waals surface area (Å²) in [5.41, 5.74) is 4.17. The number of nitrogens with one attached hydrogen (secondary N) is 2. The maximum Gasteiger partial charge on any atom is 0.257 e. The number of hydrogen-bond acceptors (Lipinski definition) is 5. The van der Waals surface area contributed by atoms with Crippen LogP contribution in [0.3, 0.4) is 0 Å². The first-order valence-electron chi connectivity index (χ1n) is 8.54. The molecule has 0 aliphatic carbocycles. The number of benzene rings is 1. The highest BCUT2D eigenvalue weighted by atomic mass is 16.1. The average molecular weight is 358 g/mol. The highest BCUT2D eigenvalue weighted by Crippen LogP contribution is 2.12. The van der Waals surface area contributed by atoms with Gasteiger partial charge in [0.1, 0.15) is 5.82 Å². The van der Waals surface area contributed by atoms with Crippen molar-refractivity contribution in [1.82, 2.24) is 19.6 Å². The fourth-order valence-electron chi connectivity index (χ4n) is 2.67. The number of anilines is 2. The molecule has 0 saturated heterocycles. The second-order valence-electron chi connectivity index (χ2n) is 6.14. The molecule has 0 radical (unpaired) electrons. The summed E-state index contributed by atoms with van der Waals surface area (Å²) in [7, 11) is 0. The minimum absolute atomic E-state index is 0.190. The van der Waals surface area contributed by atoms with Gasteiger partial charge in [0.2, 0.25) is 0 Å². The van der Waals surface area contributed by atoms with E-state index in [-0.39, 0.29) is 5.91 Å². The monoisotopic (exact) mass is 358 g/mol. The van der Waals surface area contributed by atoms with E-state index < -0.39 is 0 Å². The lowest BCUT2D eigenvalue weighted by molar-refractivity contribution is 0.102. The predicted molar refractivity (Wildman–Crippen MR) is 104 cm³/mol. The van der Waals surface area contributed by atoms with E-state index >= 15 is 0 Å². The van der Waals surface area contributed by atoms with Gasteiger partial charge >= 0.3 is 0 Å². The third-order valence-electron chi connectivity index (χ3n) is 4.15. The molecule has 7 heteroatoms. The largest absolute Gasteiger partial charge is 0.364 e. The van der Waals surface area contributed by atoms with Crippen LogP contribution < -0.4 is 10.6 Å². The molecule has 2 N–H and O–H groups in total. The van der Waals surface area contributed by atoms with Crippen molar-refractivity contribution in [3.8, 4) is 0 Å². The van der Waals surface area contributed by atoms with Crippen LogP contribution in [0.2, 0.25) is 0 Å². The van der Waals surface area contributed by atoms with E-state index in [2.05, 4.69) is 25.7 Å². The maximum absolute atomic E-state index is 12.3. The van der Waals surface area contributed by atoms with Crippen molar-refractivity contribution in [3.05, 3.63) is 83.9 Å². The molecule has 3 heterocycles. The summed E-state index contributed by atoms with van der Waals surface area (Å²) in [4.78, 5) is 20.9. The Labute approximate surface area is 156 Å². The lowest BCUT2D eigenvalue weighted by Gasteiger charge is -2.09. The molecular formula is C20H18N6O. The van der Waals surface area contributed by atoms with Gasteiger partial charge in [-0.2, -0.15) is 5.10 Å². The van der Waals surface area contributed by atoms with Gasteiger partial charge in [0.05, 0.1) is 24.0 Å². The van der Waals surface area contributed by atoms with Crippen molar-refractivity contribution in [2.75, 3.05) is 10.6 Å². The molecule has 0 aliphatic heterocycles. The summed E-state index contributed by atoms with van der Waals surface area (Å²) < 4.78 is 1.77. The molecule has 0 bridgehead atoms. The van der Waals surface area contributed by atoms with Crippen LogP contribution in [0.1, 0.15) is 21.6 Å². The van der Waals surface area contributed by atoms with Gasteiger partial charge in [0, 0.05) is 24.1 Å². The van der Waals surface area contributed by atoms with Gasteiger partial charge in [0.15, 0.2) is 5.65 Å². The zero-order valence-corrected chi connectivity index (χ0v) is 14.8. The fourth-order valence-corrected chi connectivity index (χ4v) is 2.67. The second-order valence-corrected chi connectivity index (χ2v) is 6.14. The Morgan fingerprint density at radius 3 is 2.63 bits per heavy atom. The van der Waals surface area contributed by atoms with Gasteiger partial charge < -0.3 is 10.6 Å². The fraction of sp³-hybridized carbons (Fsp3) is 0.100. The van der Waals surface area contributed by atoms with E-state index in [1.54, 1.807) is 35.2 Å². The molecule has 0 aliphatic rings. The highest BCUT2D eigenvalue weighted by molar-refractivity contribution is 6.04. The summed E-state index contributed by atoms with van der Waals surface area (Å²) in [5.74, 6) is 0.490. The molecule has 4 rings (SSSR count). The first-order valence-corrected chi connectivity index (χ1v) is 8.54. The Hall–Kier alpha value is -3.74. The van der Waals surface area contributed by atoms with Crippen LogP contribution in [0, 0.1) is 6.92 Å². The van der Waals surface area contributed by atoms with Gasteiger partial charge in [-0.1, -0.05) is 17.7 Å². The van der Waals surface area contributed by atoms with Crippen LogP contribution in [0.15, 0.2) is 67.1 Å². The zero-order valence-electron chi connectivity index (χ0n) is 14.8. The Kier molecular flexibility index (Phi) is 4.49. The molecule has 4 aromatic rings. The van der Waals surface area contributed by atoms with Gasteiger partial charge in [-0.3, -0.25) is 4.79 Å². The third kappa shape index (κ3) is 3.77. The smallest absolute Gasteiger partial charge is 0.257 e. The Morgan fingerprint density at radius 2 is 1.85 bits per heavy atom. The normalized spacial score (nSPS) is 10.7. The molecule has 0 atom stereocenters. The van der Waals surface area contributed by atoms with Crippen molar-refractivity contribution in [2.24, 2.45) is 0 Å². The van der Waals surface area contributed by atoms with Crippen LogP contribution in [0.25, 0.3) is 5.65 Å². The number of carbonyl (C=O) groups is 1. The molecule has 3 aromatic heterocycles. The molecule has 0 saturated carbocycles. The molecule has 27 heavy (non-hydrogen) atoms. The minimum atomic E-state index is -0.190. The van der Waals surface area contributed by atoms with E-state index in [1.165, 1.54) is 0 Å². The Bertz CT molecular complexity index is 1070. The first kappa shape index (κ1) is 16.7. The lowest BCUT2D eigenvalue weighted by Crippen LogP contribution is -2.13. The van der Waals surface area contributed by atoms with Crippen molar-refractivity contribution in [2.45, 2.75) is 13.5 Å². The number of fused-ring (bicyclic) bond motifs is 1. The molecule has 1 amide bonds. The first-order chi connectivity index (χ1) is 13.2. The van der Waals surface area contributed by atoms with Gasteiger partial charge in [-0.05, 0) is 37.3 Å². The zero-order chi connectivity index (χ0) is 18.6. The molecule has 0 spiro atoms. The van der Waals surface area contributed by atoms with Crippen LogP contribution in [0.5, 0.6) is 0 Å². The Balaban J connectivity index is 1.40. The number of pyridine rings is 1. The van der Waals surface area contributed by atoms with E-state index in [9.17, 15) is 4.79 Å². The number of rotatable bonds is 5. The topological polar surface area (TPSA) is 84.2 Å². The molecule has 134 valence electrons. The van der Waals surface area contributed by atoms with Crippen LogP contribution in [-0.4, -0.2) is 25.5 Å². The molecule has 0 fully saturated rings. The van der Waals surface area contributed by atoms with Crippen molar-refractivity contribution in [1.29, 1.82) is 0 Å². The number of carbonyl (C=O) groups excluding carboxylic acids is 1. The summed E-state index contributed by atoms with van der Waals surface area (Å²) >= 11 is 0. The summed E-state index contributed by atoms with van der Waals surface area (Å²) in [5, 5.41) is 10.3. The minimum Gasteiger partial charge on any atom is -0.364 e. The number of nitrogens with zero attached hydrogens (tertiary/aromatic N) is 4. The second kappa shape index (κ2) is 7.25. The Morgan fingerprint density at radius 1 is 1.00 bits per heavy atom. The van der Waals surface area contributed by atoms with E-state index in [0.29, 0.717) is 17.9 Å². The van der Waals surface area contributed by atoms with Crippen molar-refractivity contribution < 1.29 is 4.79 Å². The van der Waals surface area contributed by atoms with Gasteiger partial charge in [-0.25, -0.2) is 14.5 Å². The van der Waals surface area contributed by atoms with Crippen molar-refractivity contribution >= 4 is 23.1 Å². The van der Waals surface area contributed by atoms with Crippen LogP contribution in [-0.2, 0) is 6.54 Å². The number of aryl methyl sites for hydroxylation is 1. The van der Waals surface area contributed by atoms with Gasteiger partial charge in [0.25, 0.3) is 5.91 Å². The number of amides is 1. The third-order valence-corrected chi connectivity index (χ3v) is 4.15. The SMILES string of the molecule is Cc1ccc(NC(=O)c2ccc(NCc3ccnc4ccnn34)nc2)cc1. The molecular weight excluding hydrogens is 340 g/mol. The summed E-state index contributed by atoms with van der Waals surface area (Å²) in [6, 6.07) is 14.9. The number of hydrogen-bond donors (Lipinski definition) is 2. The van der Waals surface area contributed by atoms with Crippen LogP contribution >= 0.6 is 0 Å². The molecule has 7 nitrogen and oxygen atoms in total. The quantitative estimate of drug-likeness (QED) is 0.572. The average Bonchev–Trinajstić information content (AvgIpc) is 3.18. The summed E-state index contributed by atoms with van der Waals surface area (Å²) in [6.07, 6.45) is 5.02.